The van der Waals surface area contributed by atoms with E-state index >= 15 is 9.59 Å². The quantitative estimate of drug-likeness (QED) is 0.118. The molecule has 0 amide bonds. The van der Waals surface area contributed by atoms with Crippen LogP contribution in [0.25, 0.3) is 21.8 Å². The van der Waals surface area contributed by atoms with Crippen molar-refractivity contribution in [3.8, 4) is 23.0 Å². The van der Waals surface area contributed by atoms with Crippen LogP contribution in [0.15, 0.2) is 97.3 Å². The van der Waals surface area contributed by atoms with E-state index in [4.69, 9.17) is 28.9 Å². The summed E-state index contributed by atoms with van der Waals surface area (Å²) in [6.07, 6.45) is 9.30. The van der Waals surface area contributed by atoms with Gasteiger partial charge in [0.2, 0.25) is 0 Å². The van der Waals surface area contributed by atoms with Gasteiger partial charge in [0.25, 0.3) is 0 Å². The fourth-order valence-corrected chi connectivity index (χ4v) is 12.3. The minimum atomic E-state index is -0.475. The van der Waals surface area contributed by atoms with Gasteiger partial charge in [-0.1, -0.05) is 51.0 Å². The van der Waals surface area contributed by atoms with E-state index in [1.807, 2.05) is 85.2 Å². The lowest BCUT2D eigenvalue weighted by atomic mass is 9.72. The lowest BCUT2D eigenvalue weighted by molar-refractivity contribution is -0.0493. The van der Waals surface area contributed by atoms with Gasteiger partial charge >= 0.3 is 0 Å². The molecule has 10 heteroatoms. The van der Waals surface area contributed by atoms with E-state index in [-0.39, 0.29) is 34.8 Å². The maximum absolute atomic E-state index is 15.1. The first-order valence-electron chi connectivity index (χ1n) is 23.4. The molecule has 13 rings (SSSR count). The first kappa shape index (κ1) is 40.9. The molecule has 0 saturated carbocycles. The molecule has 6 saturated heterocycles. The molecule has 7 aliphatic rings. The summed E-state index contributed by atoms with van der Waals surface area (Å²) in [4.78, 5) is 45.0. The lowest BCUT2D eigenvalue weighted by Crippen LogP contribution is -2.56. The van der Waals surface area contributed by atoms with Crippen molar-refractivity contribution in [2.75, 3.05) is 40.4 Å². The van der Waals surface area contributed by atoms with Crippen molar-refractivity contribution in [1.82, 2.24) is 19.8 Å². The van der Waals surface area contributed by atoms with Gasteiger partial charge in [0.15, 0.2) is 11.6 Å². The number of pyridine rings is 2. The number of fused-ring (bicyclic) bond motifs is 10. The standard InChI is InChI=1S/C54H56N4O6/c1-5-31-29-57-23-19-33(31)25-45(57)53(39-17-21-55-43-13-11-35(61-3)27-41(39)43)63-47-15-16-48(50-49(47)51(59)37-9-7-8-10-38(37)52(50)60)64-54(46-26-34-20-24-58(46)30-32(34)6-2)40-18-22-56-44-14-12-36(62-4)28-42(40)44/h7-18,21-22,27-28,31-34,45-46,53-54H,5-6,19-20,23-26,29-30H2,1-4H3/t31-,32-,33-,34-,45+,46+,53-,54-/m0/s1. The predicted octanol–water partition coefficient (Wildman–Crippen LogP) is 10.1. The Morgan fingerprint density at radius 1 is 0.609 bits per heavy atom. The minimum absolute atomic E-state index is 0.0377. The van der Waals surface area contributed by atoms with Crippen LogP contribution in [0.4, 0.5) is 0 Å². The number of ketones is 2. The maximum Gasteiger partial charge on any atom is 0.198 e. The molecule has 0 spiro atoms. The Balaban J connectivity index is 1.07. The number of carbonyl (C=O) groups excluding carboxylic acids is 2. The van der Waals surface area contributed by atoms with Gasteiger partial charge in [-0.05, 0) is 123 Å². The second kappa shape index (κ2) is 16.6. The molecule has 8 heterocycles. The van der Waals surface area contributed by atoms with Crippen LogP contribution in [0.2, 0.25) is 0 Å². The minimum Gasteiger partial charge on any atom is -0.497 e. The molecule has 1 aliphatic carbocycles. The monoisotopic (exact) mass is 856 g/mol. The number of benzene rings is 4. The summed E-state index contributed by atoms with van der Waals surface area (Å²) < 4.78 is 26.3. The molecule has 6 aromatic rings. The van der Waals surface area contributed by atoms with E-state index in [9.17, 15) is 0 Å². The van der Waals surface area contributed by atoms with Crippen LogP contribution in [-0.4, -0.2) is 83.8 Å². The van der Waals surface area contributed by atoms with E-state index in [0.717, 1.165) is 109 Å². The molecule has 2 aromatic heterocycles. The van der Waals surface area contributed by atoms with E-state index in [1.165, 1.54) is 0 Å². The van der Waals surface area contributed by atoms with Gasteiger partial charge in [-0.2, -0.15) is 0 Å². The summed E-state index contributed by atoms with van der Waals surface area (Å²) in [6, 6.07) is 27.0. The first-order chi connectivity index (χ1) is 31.3. The van der Waals surface area contributed by atoms with Crippen LogP contribution in [0.3, 0.4) is 0 Å². The van der Waals surface area contributed by atoms with Crippen LogP contribution < -0.4 is 18.9 Å². The van der Waals surface area contributed by atoms with E-state index in [0.29, 0.717) is 46.3 Å². The van der Waals surface area contributed by atoms with Crippen LogP contribution >= 0.6 is 0 Å². The fourth-order valence-electron chi connectivity index (χ4n) is 12.3. The number of rotatable bonds is 12. The summed E-state index contributed by atoms with van der Waals surface area (Å²) in [6.45, 7) is 8.58. The highest BCUT2D eigenvalue weighted by Crippen LogP contribution is 2.49. The van der Waals surface area contributed by atoms with E-state index in [1.54, 1.807) is 26.4 Å². The average Bonchev–Trinajstić information content (AvgIpc) is 3.36. The SMILES string of the molecule is CC[C@H]1CN2CC[C@H]1C[C@@H]2[C@@H](Oc1ccc(O[C@@H](c2ccnc3ccc(OC)cc23)[C@H]2C[C@@H]3CCN2C[C@@H]3CC)c2c1C(=O)c1ccccc1C2=O)c1ccnc2ccc(OC)cc12. The molecule has 4 bridgehead atoms. The van der Waals surface area contributed by atoms with Crippen LogP contribution in [-0.2, 0) is 0 Å². The molecule has 328 valence electrons. The third-order valence-corrected chi connectivity index (χ3v) is 15.7. The van der Waals surface area contributed by atoms with Crippen molar-refractivity contribution >= 4 is 33.4 Å². The van der Waals surface area contributed by atoms with Crippen molar-refractivity contribution in [3.05, 3.63) is 131 Å². The Hall–Kier alpha value is -5.84. The second-order valence-electron chi connectivity index (χ2n) is 18.7. The fraction of sp³-hybridized carbons (Fsp3) is 0.407. The normalized spacial score (nSPS) is 26.6. The summed E-state index contributed by atoms with van der Waals surface area (Å²) >= 11 is 0. The van der Waals surface area contributed by atoms with Gasteiger partial charge in [0, 0.05) is 58.5 Å². The molecule has 2 unspecified atom stereocenters. The summed E-state index contributed by atoms with van der Waals surface area (Å²) in [5.74, 6) is 4.15. The van der Waals surface area contributed by atoms with Gasteiger partial charge in [-0.3, -0.25) is 29.4 Å². The van der Waals surface area contributed by atoms with Crippen molar-refractivity contribution in [3.63, 3.8) is 0 Å². The molecule has 0 radical (unpaired) electrons. The second-order valence-corrected chi connectivity index (χ2v) is 18.7. The van der Waals surface area contributed by atoms with Crippen molar-refractivity contribution in [2.45, 2.75) is 76.7 Å². The number of nitrogens with zero attached hydrogens (tertiary/aromatic N) is 4. The number of aromatic nitrogens is 2. The molecular formula is C54H56N4O6. The molecule has 64 heavy (non-hydrogen) atoms. The Kier molecular flexibility index (Phi) is 10.6. The zero-order chi connectivity index (χ0) is 43.6. The number of carbonyl (C=O) groups is 2. The number of hydrogen-bond acceptors (Lipinski definition) is 10. The maximum atomic E-state index is 15.1. The highest BCUT2D eigenvalue weighted by molar-refractivity contribution is 6.30. The Labute approximate surface area is 374 Å². The predicted molar refractivity (Wildman–Crippen MR) is 247 cm³/mol. The van der Waals surface area contributed by atoms with Crippen LogP contribution in [0.1, 0.15) is 108 Å². The third-order valence-electron chi connectivity index (χ3n) is 15.7. The smallest absolute Gasteiger partial charge is 0.198 e. The molecule has 6 aliphatic heterocycles. The number of hydrogen-bond donors (Lipinski definition) is 0. The van der Waals surface area contributed by atoms with E-state index < -0.39 is 12.2 Å². The number of ether oxygens (including phenoxy) is 4. The van der Waals surface area contributed by atoms with Gasteiger partial charge < -0.3 is 18.9 Å². The van der Waals surface area contributed by atoms with Crippen molar-refractivity contribution in [2.24, 2.45) is 23.7 Å². The van der Waals surface area contributed by atoms with Gasteiger partial charge in [0.05, 0.1) is 48.5 Å². The molecule has 6 fully saturated rings. The third kappa shape index (κ3) is 6.83. The molecule has 10 atom stereocenters. The van der Waals surface area contributed by atoms with E-state index in [2.05, 4.69) is 23.6 Å². The summed E-state index contributed by atoms with van der Waals surface area (Å²) in [7, 11) is 3.35. The summed E-state index contributed by atoms with van der Waals surface area (Å²) in [5, 5.41) is 1.88. The van der Waals surface area contributed by atoms with Crippen molar-refractivity contribution < 1.29 is 28.5 Å². The van der Waals surface area contributed by atoms with Gasteiger partial charge in [0.1, 0.15) is 35.2 Å². The largest absolute Gasteiger partial charge is 0.497 e. The molecule has 0 N–H and O–H groups in total. The Bertz CT molecular complexity index is 2600. The van der Waals surface area contributed by atoms with Gasteiger partial charge in [-0.25, -0.2) is 0 Å². The first-order valence-corrected chi connectivity index (χ1v) is 23.4. The topological polar surface area (TPSA) is 103 Å². The summed E-state index contributed by atoms with van der Waals surface area (Å²) in [5.41, 5.74) is 4.87. The zero-order valence-electron chi connectivity index (χ0n) is 37.2. The number of piperidine rings is 6. The molecular weight excluding hydrogens is 801 g/mol. The van der Waals surface area contributed by atoms with Gasteiger partial charge in [-0.15, -0.1) is 0 Å². The average molecular weight is 857 g/mol. The highest BCUT2D eigenvalue weighted by atomic mass is 16.5. The van der Waals surface area contributed by atoms with Crippen LogP contribution in [0.5, 0.6) is 23.0 Å². The molecule has 10 nitrogen and oxygen atoms in total. The number of methoxy groups -OCH3 is 2. The molecule has 4 aromatic carbocycles. The van der Waals surface area contributed by atoms with Crippen molar-refractivity contribution in [1.29, 1.82) is 0 Å². The Morgan fingerprint density at radius 3 is 1.45 bits per heavy atom. The Morgan fingerprint density at radius 2 is 1.06 bits per heavy atom. The van der Waals surface area contributed by atoms with Crippen LogP contribution in [0, 0.1) is 23.7 Å². The highest BCUT2D eigenvalue weighted by Gasteiger charge is 2.47. The zero-order valence-corrected chi connectivity index (χ0v) is 37.2. The lowest BCUT2D eigenvalue weighted by Gasteiger charge is -2.52.